The number of nitrogens with two attached hydrogens (primary N) is 5. The third-order valence-electron chi connectivity index (χ3n) is 7.38. The number of unbranched alkanes of at least 4 members (excludes halogenated alkanes) is 4. The van der Waals surface area contributed by atoms with Crippen LogP contribution >= 0.6 is 0 Å². The number of carboxylic acids is 1. The zero-order valence-electron chi connectivity index (χ0n) is 28.4. The minimum Gasteiger partial charge on any atom is -0.480 e. The van der Waals surface area contributed by atoms with Gasteiger partial charge in [-0.15, -0.1) is 0 Å². The van der Waals surface area contributed by atoms with Crippen molar-refractivity contribution >= 4 is 41.4 Å². The first-order valence-electron chi connectivity index (χ1n) is 16.9. The van der Waals surface area contributed by atoms with Crippen LogP contribution in [0.5, 0.6) is 0 Å². The molecule has 0 unspecified atom stereocenters. The first-order chi connectivity index (χ1) is 23.4. The number of carbonyl (C=O) groups is 7. The summed E-state index contributed by atoms with van der Waals surface area (Å²) in [5, 5.41) is 24.1. The lowest BCUT2D eigenvalue weighted by Crippen LogP contribution is -2.58. The maximum atomic E-state index is 13.7. The van der Waals surface area contributed by atoms with E-state index in [2.05, 4.69) is 31.9 Å². The molecule has 0 aliphatic heterocycles. The number of amides is 6. The molecular formula is C30H59N11O8. The van der Waals surface area contributed by atoms with E-state index < -0.39 is 78.7 Å². The van der Waals surface area contributed by atoms with Gasteiger partial charge < -0.3 is 65.7 Å². The van der Waals surface area contributed by atoms with Crippen LogP contribution in [0.1, 0.15) is 77.0 Å². The van der Waals surface area contributed by atoms with E-state index in [1.54, 1.807) is 0 Å². The van der Waals surface area contributed by atoms with Crippen molar-refractivity contribution < 1.29 is 38.7 Å². The van der Waals surface area contributed by atoms with Crippen molar-refractivity contribution in [3.8, 4) is 0 Å². The van der Waals surface area contributed by atoms with E-state index in [4.69, 9.17) is 33.8 Å². The van der Waals surface area contributed by atoms with Gasteiger partial charge in [-0.3, -0.25) is 33.6 Å². The summed E-state index contributed by atoms with van der Waals surface area (Å²) >= 11 is 0. The van der Waals surface area contributed by atoms with Gasteiger partial charge in [0.25, 0.3) is 0 Å². The largest absolute Gasteiger partial charge is 0.480 e. The second-order valence-corrected chi connectivity index (χ2v) is 11.5. The fourth-order valence-corrected chi connectivity index (χ4v) is 4.65. The van der Waals surface area contributed by atoms with E-state index >= 15 is 0 Å². The zero-order chi connectivity index (χ0) is 37.0. The molecule has 0 bridgehead atoms. The highest BCUT2D eigenvalue weighted by molar-refractivity contribution is 5.96. The van der Waals surface area contributed by atoms with Gasteiger partial charge in [-0.25, -0.2) is 0 Å². The second kappa shape index (κ2) is 28.0. The molecule has 4 atom stereocenters. The van der Waals surface area contributed by atoms with Crippen LogP contribution in [-0.2, 0) is 33.6 Å². The first-order valence-corrected chi connectivity index (χ1v) is 16.9. The summed E-state index contributed by atoms with van der Waals surface area (Å²) < 4.78 is 0. The molecule has 282 valence electrons. The summed E-state index contributed by atoms with van der Waals surface area (Å²) in [7, 11) is 0. The number of carboxylic acid groups (broad SMARTS) is 1. The summed E-state index contributed by atoms with van der Waals surface area (Å²) in [6.07, 6.45) is 4.84. The smallest absolute Gasteiger partial charge is 0.322 e. The van der Waals surface area contributed by atoms with Gasteiger partial charge in [0, 0.05) is 0 Å². The van der Waals surface area contributed by atoms with Gasteiger partial charge in [0.05, 0.1) is 13.1 Å². The number of aliphatic carboxylic acids is 1. The Morgan fingerprint density at radius 2 is 0.776 bits per heavy atom. The molecule has 49 heavy (non-hydrogen) atoms. The third-order valence-corrected chi connectivity index (χ3v) is 7.38. The molecule has 17 N–H and O–H groups in total. The molecule has 19 heteroatoms. The van der Waals surface area contributed by atoms with Crippen molar-refractivity contribution in [3.05, 3.63) is 0 Å². The summed E-state index contributed by atoms with van der Waals surface area (Å²) in [5.74, 6) is -5.13. The minimum atomic E-state index is -1.26. The molecular weight excluding hydrogens is 642 g/mol. The Kier molecular flexibility index (Phi) is 25.7. The lowest BCUT2D eigenvalue weighted by Gasteiger charge is -2.27. The SMILES string of the molecule is NCCCC[C@H](NC(=O)CNC(=O)CN)C(=O)N[C@@H](CCCCN)C(=O)N[C@@H](CCCCN)C(=O)N[C@@H](CCCCN)C(=O)NCC(=O)O. The minimum absolute atomic E-state index is 0.163. The van der Waals surface area contributed by atoms with Gasteiger partial charge in [-0.1, -0.05) is 0 Å². The van der Waals surface area contributed by atoms with Crippen molar-refractivity contribution in [2.75, 3.05) is 45.8 Å². The summed E-state index contributed by atoms with van der Waals surface area (Å²) in [5.41, 5.74) is 27.7. The molecule has 0 spiro atoms. The Morgan fingerprint density at radius 3 is 1.10 bits per heavy atom. The molecule has 0 saturated carbocycles. The van der Waals surface area contributed by atoms with Crippen molar-refractivity contribution in [2.45, 2.75) is 101 Å². The molecule has 0 aromatic heterocycles. The van der Waals surface area contributed by atoms with Crippen molar-refractivity contribution in [3.63, 3.8) is 0 Å². The fraction of sp³-hybridized carbons (Fsp3) is 0.767. The van der Waals surface area contributed by atoms with E-state index in [0.29, 0.717) is 77.5 Å². The third kappa shape index (κ3) is 21.6. The normalized spacial score (nSPS) is 13.2. The molecule has 0 rings (SSSR count). The van der Waals surface area contributed by atoms with Crippen LogP contribution in [0.15, 0.2) is 0 Å². The predicted octanol–water partition coefficient (Wildman–Crippen LogP) is -4.28. The van der Waals surface area contributed by atoms with Crippen LogP contribution < -0.4 is 60.6 Å². The van der Waals surface area contributed by atoms with E-state index in [1.165, 1.54) is 0 Å². The highest BCUT2D eigenvalue weighted by atomic mass is 16.4. The second-order valence-electron chi connectivity index (χ2n) is 11.5. The number of hydrogen-bond acceptors (Lipinski definition) is 12. The highest BCUT2D eigenvalue weighted by Crippen LogP contribution is 2.09. The van der Waals surface area contributed by atoms with Crippen LogP contribution in [-0.4, -0.2) is 116 Å². The first kappa shape index (κ1) is 45.1. The van der Waals surface area contributed by atoms with Crippen LogP contribution in [0.3, 0.4) is 0 Å². The van der Waals surface area contributed by atoms with Gasteiger partial charge in [-0.05, 0) is 103 Å². The van der Waals surface area contributed by atoms with Crippen LogP contribution in [0, 0.1) is 0 Å². The molecule has 0 aliphatic rings. The van der Waals surface area contributed by atoms with E-state index in [1.807, 2.05) is 0 Å². The Balaban J connectivity index is 6.02. The quantitative estimate of drug-likeness (QED) is 0.0329. The number of rotatable bonds is 29. The molecule has 0 aromatic rings. The Bertz CT molecular complexity index is 1030. The van der Waals surface area contributed by atoms with Crippen LogP contribution in [0.2, 0.25) is 0 Å². The maximum Gasteiger partial charge on any atom is 0.322 e. The molecule has 0 aromatic carbocycles. The maximum absolute atomic E-state index is 13.7. The van der Waals surface area contributed by atoms with Crippen molar-refractivity contribution in [1.82, 2.24) is 31.9 Å². The summed E-state index contributed by atoms with van der Waals surface area (Å²) in [6, 6.07) is -4.38. The van der Waals surface area contributed by atoms with Crippen LogP contribution in [0.25, 0.3) is 0 Å². The Morgan fingerprint density at radius 1 is 0.429 bits per heavy atom. The Hall–Kier alpha value is -3.91. The number of hydrogen-bond donors (Lipinski definition) is 12. The molecule has 0 saturated heterocycles. The molecule has 0 radical (unpaired) electrons. The number of nitrogens with one attached hydrogen (secondary N) is 6. The van der Waals surface area contributed by atoms with Gasteiger partial charge in [0.1, 0.15) is 30.7 Å². The van der Waals surface area contributed by atoms with E-state index in [-0.39, 0.29) is 32.2 Å². The van der Waals surface area contributed by atoms with Crippen molar-refractivity contribution in [1.29, 1.82) is 0 Å². The van der Waals surface area contributed by atoms with Gasteiger partial charge in [0.15, 0.2) is 0 Å². The lowest BCUT2D eigenvalue weighted by molar-refractivity contribution is -0.138. The molecule has 0 fully saturated rings. The molecule has 6 amide bonds. The molecule has 19 nitrogen and oxygen atoms in total. The molecule has 0 aliphatic carbocycles. The van der Waals surface area contributed by atoms with Gasteiger partial charge >= 0.3 is 5.97 Å². The lowest BCUT2D eigenvalue weighted by atomic mass is 10.0. The molecule has 0 heterocycles. The van der Waals surface area contributed by atoms with Gasteiger partial charge in [-0.2, -0.15) is 0 Å². The monoisotopic (exact) mass is 701 g/mol. The Labute approximate surface area is 287 Å². The van der Waals surface area contributed by atoms with E-state index in [0.717, 1.165) is 0 Å². The number of carbonyl (C=O) groups excluding carboxylic acids is 6. The zero-order valence-corrected chi connectivity index (χ0v) is 28.4. The predicted molar refractivity (Wildman–Crippen MR) is 182 cm³/mol. The summed E-state index contributed by atoms with van der Waals surface area (Å²) in [4.78, 5) is 88.3. The van der Waals surface area contributed by atoms with Gasteiger partial charge in [0.2, 0.25) is 35.4 Å². The standard InChI is InChI=1S/C30H59N11O8/c31-13-5-1-9-20(27(46)37-19-26(44)45)39-29(48)22(11-3-7-15-33)41-30(49)23(12-4-8-16-34)40-28(47)21(10-2-6-14-32)38-25(43)18-36-24(42)17-35/h20-23H,1-19,31-35H2,(H,36,42)(H,37,46)(H,38,43)(H,39,48)(H,40,47)(H,41,49)(H,44,45)/t20-,21-,22-,23-/m0/s1. The average molecular weight is 702 g/mol. The van der Waals surface area contributed by atoms with Crippen LogP contribution in [0.4, 0.5) is 0 Å². The average Bonchev–Trinajstić information content (AvgIpc) is 3.07. The van der Waals surface area contributed by atoms with Crippen molar-refractivity contribution in [2.24, 2.45) is 28.7 Å². The van der Waals surface area contributed by atoms with E-state index in [9.17, 15) is 33.6 Å². The highest BCUT2D eigenvalue weighted by Gasteiger charge is 2.31. The fourth-order valence-electron chi connectivity index (χ4n) is 4.65. The topological polar surface area (TPSA) is 342 Å². The summed E-state index contributed by atoms with van der Waals surface area (Å²) in [6.45, 7) is 0.0415.